The van der Waals surface area contributed by atoms with Crippen LogP contribution in [0.1, 0.15) is 38.1 Å². The minimum atomic E-state index is -3.56. The lowest BCUT2D eigenvalue weighted by Gasteiger charge is -2.35. The van der Waals surface area contributed by atoms with E-state index in [0.717, 1.165) is 13.1 Å². The summed E-state index contributed by atoms with van der Waals surface area (Å²) in [6.45, 7) is 10.0. The smallest absolute Gasteiger partial charge is 0.246 e. The lowest BCUT2D eigenvalue weighted by atomic mass is 9.99. The normalized spacial score (nSPS) is 22.4. The molecule has 0 unspecified atom stereocenters. The number of hydrogen-bond acceptors (Lipinski definition) is 5. The zero-order valence-corrected chi connectivity index (χ0v) is 14.0. The van der Waals surface area contributed by atoms with Crippen molar-refractivity contribution in [1.82, 2.24) is 14.8 Å². The second kappa shape index (κ2) is 6.46. The summed E-state index contributed by atoms with van der Waals surface area (Å²) < 4.78 is 32.3. The molecule has 1 aliphatic rings. The molecule has 120 valence electrons. The Morgan fingerprint density at radius 3 is 2.76 bits per heavy atom. The minimum Gasteiger partial charge on any atom is -0.360 e. The molecule has 1 N–H and O–H groups in total. The fraction of sp³-hybridized carbons (Fsp3) is 0.786. The van der Waals surface area contributed by atoms with Crippen molar-refractivity contribution in [2.75, 3.05) is 19.6 Å². The Labute approximate surface area is 126 Å². The lowest BCUT2D eigenvalue weighted by Crippen LogP contribution is -2.46. The summed E-state index contributed by atoms with van der Waals surface area (Å²) in [5, 5.41) is 3.70. The van der Waals surface area contributed by atoms with Gasteiger partial charge in [0.25, 0.3) is 0 Å². The minimum absolute atomic E-state index is 0.168. The summed E-state index contributed by atoms with van der Waals surface area (Å²) in [7, 11) is -3.56. The van der Waals surface area contributed by atoms with Crippen molar-refractivity contribution < 1.29 is 12.9 Å². The molecule has 7 heteroatoms. The number of nitrogens with zero attached hydrogens (tertiary/aromatic N) is 2. The van der Waals surface area contributed by atoms with Crippen LogP contribution in [0.4, 0.5) is 0 Å². The van der Waals surface area contributed by atoms with Gasteiger partial charge in [0.05, 0.1) is 0 Å². The number of aromatic nitrogens is 1. The molecule has 2 atom stereocenters. The van der Waals surface area contributed by atoms with Gasteiger partial charge in [-0.2, -0.15) is 0 Å². The van der Waals surface area contributed by atoms with Crippen molar-refractivity contribution in [2.45, 2.75) is 51.5 Å². The molecule has 0 aliphatic carbocycles. The highest BCUT2D eigenvalue weighted by atomic mass is 32.2. The number of rotatable bonds is 5. The van der Waals surface area contributed by atoms with Crippen molar-refractivity contribution >= 4 is 10.0 Å². The molecule has 0 radical (unpaired) electrons. The second-order valence-electron chi connectivity index (χ2n) is 6.10. The molecule has 21 heavy (non-hydrogen) atoms. The molecule has 1 aromatic heterocycles. The van der Waals surface area contributed by atoms with Gasteiger partial charge in [0, 0.05) is 19.1 Å². The Hall–Kier alpha value is -0.920. The molecule has 0 aromatic carbocycles. The molecular weight excluding hydrogens is 290 g/mol. The number of likely N-dealkylation sites (tertiary alicyclic amines) is 1. The van der Waals surface area contributed by atoms with Crippen molar-refractivity contribution in [3.63, 3.8) is 0 Å². The summed E-state index contributed by atoms with van der Waals surface area (Å²) in [5.74, 6) is 1.01. The molecule has 0 amide bonds. The van der Waals surface area contributed by atoms with Crippen LogP contribution in [-0.2, 0) is 10.0 Å². The predicted molar refractivity (Wildman–Crippen MR) is 80.6 cm³/mol. The zero-order chi connectivity index (χ0) is 15.6. The first-order chi connectivity index (χ1) is 9.81. The molecule has 6 nitrogen and oxygen atoms in total. The van der Waals surface area contributed by atoms with Gasteiger partial charge in [-0.1, -0.05) is 12.1 Å². The third kappa shape index (κ3) is 3.84. The number of hydrogen-bond donors (Lipinski definition) is 1. The number of nitrogens with one attached hydrogen (secondary N) is 1. The summed E-state index contributed by atoms with van der Waals surface area (Å²) in [5.41, 5.74) is 0.402. The van der Waals surface area contributed by atoms with E-state index in [-0.39, 0.29) is 10.9 Å². The molecule has 0 saturated carbocycles. The maximum atomic E-state index is 12.4. The van der Waals surface area contributed by atoms with Gasteiger partial charge in [-0.25, -0.2) is 13.1 Å². The van der Waals surface area contributed by atoms with E-state index in [4.69, 9.17) is 4.52 Å². The van der Waals surface area contributed by atoms with E-state index in [0.29, 0.717) is 23.9 Å². The molecule has 2 heterocycles. The fourth-order valence-corrected chi connectivity index (χ4v) is 4.36. The van der Waals surface area contributed by atoms with Crippen LogP contribution in [0, 0.1) is 19.8 Å². The molecule has 2 rings (SSSR count). The molecule has 1 aliphatic heterocycles. The highest BCUT2D eigenvalue weighted by Gasteiger charge is 2.26. The van der Waals surface area contributed by atoms with Crippen molar-refractivity contribution in [1.29, 1.82) is 0 Å². The van der Waals surface area contributed by atoms with Crippen LogP contribution >= 0.6 is 0 Å². The van der Waals surface area contributed by atoms with Gasteiger partial charge in [0.15, 0.2) is 5.76 Å². The quantitative estimate of drug-likeness (QED) is 0.895. The van der Waals surface area contributed by atoms with E-state index < -0.39 is 10.0 Å². The van der Waals surface area contributed by atoms with Gasteiger partial charge in [-0.3, -0.25) is 4.90 Å². The Morgan fingerprint density at radius 2 is 2.19 bits per heavy atom. The van der Waals surface area contributed by atoms with Crippen LogP contribution in [0.15, 0.2) is 9.42 Å². The monoisotopic (exact) mass is 315 g/mol. The third-order valence-electron chi connectivity index (χ3n) is 4.12. The molecule has 1 aromatic rings. The summed E-state index contributed by atoms with van der Waals surface area (Å²) in [4.78, 5) is 2.52. The van der Waals surface area contributed by atoms with E-state index in [1.165, 1.54) is 12.8 Å². The Balaban J connectivity index is 1.98. The van der Waals surface area contributed by atoms with Crippen LogP contribution < -0.4 is 4.72 Å². The average Bonchev–Trinajstić information content (AvgIpc) is 2.76. The van der Waals surface area contributed by atoms with Gasteiger partial charge in [-0.05, 0) is 46.1 Å². The van der Waals surface area contributed by atoms with Crippen LogP contribution in [0.25, 0.3) is 0 Å². The van der Waals surface area contributed by atoms with Crippen LogP contribution in [0.3, 0.4) is 0 Å². The maximum Gasteiger partial charge on any atom is 0.246 e. The van der Waals surface area contributed by atoms with Crippen LogP contribution in [0.5, 0.6) is 0 Å². The van der Waals surface area contributed by atoms with E-state index in [1.54, 1.807) is 13.8 Å². The first kappa shape index (κ1) is 16.5. The number of sulfonamides is 1. The first-order valence-corrected chi connectivity index (χ1v) is 8.96. The average molecular weight is 315 g/mol. The van der Waals surface area contributed by atoms with Gasteiger partial charge >= 0.3 is 0 Å². The Bertz CT molecular complexity index is 563. The molecular formula is C14H25N3O3S. The highest BCUT2D eigenvalue weighted by molar-refractivity contribution is 7.89. The second-order valence-corrected chi connectivity index (χ2v) is 7.80. The molecule has 1 saturated heterocycles. The predicted octanol–water partition coefficient (Wildman–Crippen LogP) is 1.69. The Kier molecular flexibility index (Phi) is 5.06. The topological polar surface area (TPSA) is 75.4 Å². The first-order valence-electron chi connectivity index (χ1n) is 7.48. The largest absolute Gasteiger partial charge is 0.360 e. The lowest BCUT2D eigenvalue weighted by molar-refractivity contribution is 0.140. The number of piperidine rings is 1. The van der Waals surface area contributed by atoms with E-state index in [1.807, 2.05) is 0 Å². The van der Waals surface area contributed by atoms with Gasteiger partial charge in [0.2, 0.25) is 10.0 Å². The van der Waals surface area contributed by atoms with Crippen molar-refractivity contribution in [3.05, 3.63) is 11.5 Å². The van der Waals surface area contributed by atoms with Gasteiger partial charge in [-0.15, -0.1) is 0 Å². The van der Waals surface area contributed by atoms with Crippen molar-refractivity contribution in [3.8, 4) is 0 Å². The fourth-order valence-electron chi connectivity index (χ4n) is 2.92. The SMILES string of the molecule is Cc1noc(C)c1S(=O)(=O)NC[C@@H](C)N1CCC[C@H](C)C1. The van der Waals surface area contributed by atoms with E-state index in [9.17, 15) is 8.42 Å². The summed E-state index contributed by atoms with van der Waals surface area (Å²) in [6, 6.07) is 0.183. The standard InChI is InChI=1S/C14H25N3O3S/c1-10-6-5-7-17(9-10)11(2)8-15-21(18,19)14-12(3)16-20-13(14)4/h10-11,15H,5-9H2,1-4H3/t10-,11+/m0/s1. The highest BCUT2D eigenvalue weighted by Crippen LogP contribution is 2.20. The summed E-state index contributed by atoms with van der Waals surface area (Å²) in [6.07, 6.45) is 2.44. The zero-order valence-electron chi connectivity index (χ0n) is 13.2. The third-order valence-corrected chi connectivity index (χ3v) is 5.78. The maximum absolute atomic E-state index is 12.4. The number of aryl methyl sites for hydroxylation is 2. The van der Waals surface area contributed by atoms with Crippen LogP contribution in [-0.4, -0.2) is 44.2 Å². The van der Waals surface area contributed by atoms with Crippen LogP contribution in [0.2, 0.25) is 0 Å². The van der Waals surface area contributed by atoms with Gasteiger partial charge in [0.1, 0.15) is 10.6 Å². The Morgan fingerprint density at radius 1 is 1.48 bits per heavy atom. The summed E-state index contributed by atoms with van der Waals surface area (Å²) >= 11 is 0. The van der Waals surface area contributed by atoms with Crippen molar-refractivity contribution in [2.24, 2.45) is 5.92 Å². The molecule has 0 bridgehead atoms. The van der Waals surface area contributed by atoms with E-state index in [2.05, 4.69) is 28.6 Å². The van der Waals surface area contributed by atoms with Gasteiger partial charge < -0.3 is 4.52 Å². The molecule has 1 fully saturated rings. The molecule has 0 spiro atoms. The van der Waals surface area contributed by atoms with E-state index >= 15 is 0 Å².